The molecule has 0 aromatic heterocycles. The second kappa shape index (κ2) is 5.66. The van der Waals surface area contributed by atoms with Crippen LogP contribution in [-0.4, -0.2) is 11.7 Å². The number of benzene rings is 1. The van der Waals surface area contributed by atoms with Crippen molar-refractivity contribution < 1.29 is 5.11 Å². The van der Waals surface area contributed by atoms with Crippen LogP contribution in [0.1, 0.15) is 25.3 Å². The summed E-state index contributed by atoms with van der Waals surface area (Å²) in [6, 6.07) is 7.96. The Bertz CT molecular complexity index is 269. The van der Waals surface area contributed by atoms with E-state index in [4.69, 9.17) is 10.8 Å². The molecule has 1 atom stereocenters. The highest BCUT2D eigenvalue weighted by atomic mass is 16.3. The average Bonchev–Trinajstić information content (AvgIpc) is 2.19. The van der Waals surface area contributed by atoms with E-state index in [-0.39, 0.29) is 0 Å². The van der Waals surface area contributed by atoms with Crippen molar-refractivity contribution in [2.24, 2.45) is 5.92 Å². The van der Waals surface area contributed by atoms with Gasteiger partial charge >= 0.3 is 0 Å². The number of rotatable bonds is 5. The molecular weight excluding hydrogens is 174 g/mol. The molecule has 0 saturated heterocycles. The van der Waals surface area contributed by atoms with E-state index in [1.165, 1.54) is 5.56 Å². The first kappa shape index (κ1) is 11.1. The Kier molecular flexibility index (Phi) is 4.47. The van der Waals surface area contributed by atoms with Crippen LogP contribution in [0.15, 0.2) is 24.3 Å². The van der Waals surface area contributed by atoms with Crippen molar-refractivity contribution in [3.05, 3.63) is 29.8 Å². The third-order valence-corrected chi connectivity index (χ3v) is 2.63. The minimum Gasteiger partial charge on any atom is -0.399 e. The first-order chi connectivity index (χ1) is 6.76. The van der Waals surface area contributed by atoms with E-state index in [0.29, 0.717) is 12.5 Å². The van der Waals surface area contributed by atoms with Gasteiger partial charge in [0.1, 0.15) is 0 Å². The summed E-state index contributed by atoms with van der Waals surface area (Å²) in [4.78, 5) is 0. The molecular formula is C12H19NO. The molecule has 0 bridgehead atoms. The van der Waals surface area contributed by atoms with Gasteiger partial charge in [-0.3, -0.25) is 0 Å². The van der Waals surface area contributed by atoms with Gasteiger partial charge in [0, 0.05) is 12.3 Å². The molecule has 0 spiro atoms. The van der Waals surface area contributed by atoms with Crippen molar-refractivity contribution in [1.29, 1.82) is 0 Å². The minimum atomic E-state index is 0.290. The molecule has 2 nitrogen and oxygen atoms in total. The molecule has 1 aromatic carbocycles. The maximum atomic E-state index is 9.03. The lowest BCUT2D eigenvalue weighted by Gasteiger charge is -2.10. The predicted molar refractivity (Wildman–Crippen MR) is 60.0 cm³/mol. The van der Waals surface area contributed by atoms with Gasteiger partial charge < -0.3 is 10.8 Å². The molecule has 0 amide bonds. The van der Waals surface area contributed by atoms with Gasteiger partial charge in [-0.05, 0) is 36.5 Å². The predicted octanol–water partition coefficient (Wildman–Crippen LogP) is 2.22. The fraction of sp³-hybridized carbons (Fsp3) is 0.500. The van der Waals surface area contributed by atoms with E-state index in [1.54, 1.807) is 0 Å². The van der Waals surface area contributed by atoms with E-state index in [1.807, 2.05) is 18.2 Å². The Morgan fingerprint density at radius 3 is 2.79 bits per heavy atom. The second-order valence-electron chi connectivity index (χ2n) is 3.74. The Labute approximate surface area is 85.8 Å². The Morgan fingerprint density at radius 1 is 1.43 bits per heavy atom. The normalized spacial score (nSPS) is 12.7. The van der Waals surface area contributed by atoms with Crippen molar-refractivity contribution in [1.82, 2.24) is 0 Å². The average molecular weight is 193 g/mol. The van der Waals surface area contributed by atoms with E-state index in [2.05, 4.69) is 13.0 Å². The summed E-state index contributed by atoms with van der Waals surface area (Å²) < 4.78 is 0. The van der Waals surface area contributed by atoms with Crippen LogP contribution < -0.4 is 5.73 Å². The number of nitrogens with two attached hydrogens (primary N) is 1. The summed E-state index contributed by atoms with van der Waals surface area (Å²) in [6.45, 7) is 2.40. The van der Waals surface area contributed by atoms with Gasteiger partial charge in [0.25, 0.3) is 0 Å². The molecule has 0 fully saturated rings. The van der Waals surface area contributed by atoms with Crippen LogP contribution in [0.3, 0.4) is 0 Å². The molecule has 0 unspecified atom stereocenters. The van der Waals surface area contributed by atoms with Crippen molar-refractivity contribution in [2.45, 2.75) is 26.2 Å². The van der Waals surface area contributed by atoms with E-state index in [9.17, 15) is 0 Å². The van der Waals surface area contributed by atoms with Crippen molar-refractivity contribution in [3.8, 4) is 0 Å². The molecule has 0 saturated carbocycles. The molecule has 0 radical (unpaired) electrons. The van der Waals surface area contributed by atoms with Crippen LogP contribution in [0, 0.1) is 5.92 Å². The lowest BCUT2D eigenvalue weighted by Crippen LogP contribution is -2.05. The number of hydrogen-bond acceptors (Lipinski definition) is 2. The van der Waals surface area contributed by atoms with Crippen molar-refractivity contribution in [2.75, 3.05) is 12.3 Å². The van der Waals surface area contributed by atoms with Crippen LogP contribution in [0.2, 0.25) is 0 Å². The highest BCUT2D eigenvalue weighted by Crippen LogP contribution is 2.14. The quantitative estimate of drug-likeness (QED) is 0.704. The Morgan fingerprint density at radius 2 is 2.21 bits per heavy atom. The maximum Gasteiger partial charge on any atom is 0.0459 e. The number of aliphatic hydroxyl groups is 1. The SMILES string of the molecule is CC[C@@H](CO)CCc1cccc(N)c1. The summed E-state index contributed by atoms with van der Waals surface area (Å²) >= 11 is 0. The number of aliphatic hydroxyl groups excluding tert-OH is 1. The lowest BCUT2D eigenvalue weighted by atomic mass is 9.98. The first-order valence-corrected chi connectivity index (χ1v) is 5.21. The summed E-state index contributed by atoms with van der Waals surface area (Å²) in [7, 11) is 0. The van der Waals surface area contributed by atoms with Gasteiger partial charge in [-0.2, -0.15) is 0 Å². The molecule has 0 aliphatic rings. The van der Waals surface area contributed by atoms with Crippen LogP contribution in [0.25, 0.3) is 0 Å². The van der Waals surface area contributed by atoms with Gasteiger partial charge in [-0.1, -0.05) is 25.5 Å². The lowest BCUT2D eigenvalue weighted by molar-refractivity contribution is 0.215. The van der Waals surface area contributed by atoms with Crippen LogP contribution >= 0.6 is 0 Å². The van der Waals surface area contributed by atoms with Gasteiger partial charge in [0.2, 0.25) is 0 Å². The molecule has 2 heteroatoms. The molecule has 0 heterocycles. The smallest absolute Gasteiger partial charge is 0.0459 e. The van der Waals surface area contributed by atoms with Gasteiger partial charge in [-0.15, -0.1) is 0 Å². The molecule has 0 aliphatic heterocycles. The molecule has 78 valence electrons. The maximum absolute atomic E-state index is 9.03. The van der Waals surface area contributed by atoms with E-state index >= 15 is 0 Å². The monoisotopic (exact) mass is 193 g/mol. The standard InChI is InChI=1S/C12H19NO/c1-2-10(9-14)6-7-11-4-3-5-12(13)8-11/h3-5,8,10,14H,2,6-7,9,13H2,1H3/t10-/m1/s1. The van der Waals surface area contributed by atoms with Gasteiger partial charge in [0.15, 0.2) is 0 Å². The zero-order valence-corrected chi connectivity index (χ0v) is 8.74. The summed E-state index contributed by atoms with van der Waals surface area (Å²) in [5.41, 5.74) is 7.76. The minimum absolute atomic E-state index is 0.290. The fourth-order valence-electron chi connectivity index (χ4n) is 1.54. The van der Waals surface area contributed by atoms with Crippen molar-refractivity contribution in [3.63, 3.8) is 0 Å². The largest absolute Gasteiger partial charge is 0.399 e. The zero-order chi connectivity index (χ0) is 10.4. The summed E-state index contributed by atoms with van der Waals surface area (Å²) in [6.07, 6.45) is 3.08. The highest BCUT2D eigenvalue weighted by Gasteiger charge is 2.04. The highest BCUT2D eigenvalue weighted by molar-refractivity contribution is 5.40. The third-order valence-electron chi connectivity index (χ3n) is 2.63. The van der Waals surface area contributed by atoms with E-state index in [0.717, 1.165) is 24.9 Å². The number of aryl methyl sites for hydroxylation is 1. The molecule has 0 aliphatic carbocycles. The van der Waals surface area contributed by atoms with Crippen molar-refractivity contribution >= 4 is 5.69 Å². The summed E-state index contributed by atoms with van der Waals surface area (Å²) in [5, 5.41) is 9.03. The fourth-order valence-corrected chi connectivity index (χ4v) is 1.54. The number of hydrogen-bond donors (Lipinski definition) is 2. The first-order valence-electron chi connectivity index (χ1n) is 5.21. The molecule has 14 heavy (non-hydrogen) atoms. The van der Waals surface area contributed by atoms with Crippen LogP contribution in [0.5, 0.6) is 0 Å². The molecule has 1 aromatic rings. The molecule has 1 rings (SSSR count). The van der Waals surface area contributed by atoms with Crippen LogP contribution in [0.4, 0.5) is 5.69 Å². The molecule has 3 N–H and O–H groups in total. The Balaban J connectivity index is 2.44. The zero-order valence-electron chi connectivity index (χ0n) is 8.74. The van der Waals surface area contributed by atoms with Gasteiger partial charge in [-0.25, -0.2) is 0 Å². The topological polar surface area (TPSA) is 46.2 Å². The van der Waals surface area contributed by atoms with Gasteiger partial charge in [0.05, 0.1) is 0 Å². The summed E-state index contributed by atoms with van der Waals surface area (Å²) in [5.74, 6) is 0.427. The van der Waals surface area contributed by atoms with E-state index < -0.39 is 0 Å². The second-order valence-corrected chi connectivity index (χ2v) is 3.74. The number of anilines is 1. The Hall–Kier alpha value is -1.02. The third kappa shape index (κ3) is 3.38. The number of nitrogen functional groups attached to an aromatic ring is 1. The van der Waals surface area contributed by atoms with Crippen LogP contribution in [-0.2, 0) is 6.42 Å².